The van der Waals surface area contributed by atoms with Gasteiger partial charge in [-0.25, -0.2) is 4.98 Å². The van der Waals surface area contributed by atoms with Gasteiger partial charge in [0.15, 0.2) is 0 Å². The number of aryl methyl sites for hydroxylation is 1. The molecule has 1 aliphatic carbocycles. The van der Waals surface area contributed by atoms with Gasteiger partial charge >= 0.3 is 0 Å². The topological polar surface area (TPSA) is 50.5 Å². The molecule has 1 fully saturated rings. The van der Waals surface area contributed by atoms with Crippen molar-refractivity contribution < 1.29 is 9.84 Å². The Balaban J connectivity index is 1.64. The molecule has 0 bridgehead atoms. The highest BCUT2D eigenvalue weighted by Gasteiger charge is 2.39. The van der Waals surface area contributed by atoms with E-state index in [0.717, 1.165) is 59.7 Å². The van der Waals surface area contributed by atoms with E-state index in [2.05, 4.69) is 28.9 Å². The maximum Gasteiger partial charge on any atom is 0.142 e. The maximum absolute atomic E-state index is 11.0. The largest absolute Gasteiger partial charge is 0.456 e. The molecule has 2 aromatic carbocycles. The summed E-state index contributed by atoms with van der Waals surface area (Å²) in [5, 5.41) is 11.0. The van der Waals surface area contributed by atoms with E-state index in [0.29, 0.717) is 12.0 Å². The van der Waals surface area contributed by atoms with E-state index in [-0.39, 0.29) is 0 Å². The second kappa shape index (κ2) is 7.23. The lowest BCUT2D eigenvalue weighted by Gasteiger charge is -2.41. The van der Waals surface area contributed by atoms with Crippen LogP contribution in [0.1, 0.15) is 31.7 Å². The quantitative estimate of drug-likeness (QED) is 0.684. The van der Waals surface area contributed by atoms with Gasteiger partial charge in [-0.1, -0.05) is 18.2 Å². The van der Waals surface area contributed by atoms with Crippen molar-refractivity contribution in [1.29, 1.82) is 0 Å². The van der Waals surface area contributed by atoms with Crippen molar-refractivity contribution in [2.45, 2.75) is 44.9 Å². The Hall–Kier alpha value is -2.79. The van der Waals surface area contributed by atoms with Gasteiger partial charge in [0.2, 0.25) is 0 Å². The molecule has 1 N–H and O–H groups in total. The van der Waals surface area contributed by atoms with Gasteiger partial charge in [0.1, 0.15) is 17.7 Å². The van der Waals surface area contributed by atoms with Crippen LogP contribution in [0.4, 0.5) is 5.69 Å². The van der Waals surface area contributed by atoms with Crippen LogP contribution in [-0.4, -0.2) is 26.9 Å². The lowest BCUT2D eigenvalue weighted by Crippen LogP contribution is -2.46. The molecule has 1 saturated carbocycles. The Morgan fingerprint density at radius 3 is 2.59 bits per heavy atom. The van der Waals surface area contributed by atoms with Crippen molar-refractivity contribution in [3.05, 3.63) is 60.6 Å². The Morgan fingerprint density at radius 1 is 1.10 bits per heavy atom. The van der Waals surface area contributed by atoms with Crippen LogP contribution in [0.3, 0.4) is 0 Å². The number of fused-ring (bicyclic) bond motifs is 1. The first-order valence-corrected chi connectivity index (χ1v) is 10.5. The molecule has 150 valence electrons. The molecular weight excluding hydrogens is 362 g/mol. The molecule has 2 aliphatic rings. The number of hydrogen-bond acceptors (Lipinski definition) is 4. The minimum absolute atomic E-state index is 0.309. The molecular formula is C24H27N3O2. The Kier molecular flexibility index (Phi) is 4.55. The molecule has 2 heterocycles. The van der Waals surface area contributed by atoms with E-state index < -0.39 is 6.23 Å². The van der Waals surface area contributed by atoms with Crippen molar-refractivity contribution in [2.75, 3.05) is 4.90 Å². The molecule has 1 aliphatic heterocycles. The first-order valence-electron chi connectivity index (χ1n) is 10.5. The fourth-order valence-electron chi connectivity index (χ4n) is 4.33. The molecule has 5 rings (SSSR count). The zero-order valence-electron chi connectivity index (χ0n) is 17.0. The van der Waals surface area contributed by atoms with Crippen molar-refractivity contribution in [3.8, 4) is 22.8 Å². The van der Waals surface area contributed by atoms with E-state index >= 15 is 0 Å². The monoisotopic (exact) mass is 389 g/mol. The minimum Gasteiger partial charge on any atom is -0.456 e. The third-order valence-corrected chi connectivity index (χ3v) is 6.07. The first-order chi connectivity index (χ1) is 14.1. The van der Waals surface area contributed by atoms with Crippen LogP contribution in [-0.2, 0) is 13.5 Å². The number of anilines is 1. The summed E-state index contributed by atoms with van der Waals surface area (Å²) in [6, 6.07) is 14.4. The van der Waals surface area contributed by atoms with Crippen molar-refractivity contribution in [3.63, 3.8) is 0 Å². The normalized spacial score (nSPS) is 19.7. The molecule has 2 atom stereocenters. The number of aromatic nitrogens is 2. The summed E-state index contributed by atoms with van der Waals surface area (Å²) in [6.45, 7) is 2.21. The Bertz CT molecular complexity index is 1010. The number of benzene rings is 2. The number of aliphatic hydroxyl groups is 1. The van der Waals surface area contributed by atoms with Crippen LogP contribution in [0.5, 0.6) is 11.5 Å². The van der Waals surface area contributed by atoms with E-state index in [4.69, 9.17) is 4.74 Å². The second-order valence-corrected chi connectivity index (χ2v) is 8.33. The number of imidazole rings is 1. The molecule has 0 spiro atoms. The number of hydrogen-bond donors (Lipinski definition) is 1. The fraction of sp³-hybridized carbons (Fsp3) is 0.375. The molecule has 5 nitrogen and oxygen atoms in total. The number of para-hydroxylation sites is 1. The van der Waals surface area contributed by atoms with E-state index in [1.807, 2.05) is 54.5 Å². The maximum atomic E-state index is 11.0. The highest BCUT2D eigenvalue weighted by molar-refractivity contribution is 5.76. The van der Waals surface area contributed by atoms with Crippen LogP contribution in [0, 0.1) is 5.92 Å². The summed E-state index contributed by atoms with van der Waals surface area (Å²) >= 11 is 0. The number of ether oxygens (including phenoxy) is 1. The minimum atomic E-state index is -0.422. The third-order valence-electron chi connectivity index (χ3n) is 6.07. The molecule has 0 amide bonds. The van der Waals surface area contributed by atoms with E-state index in [1.165, 1.54) is 0 Å². The molecule has 0 saturated heterocycles. The summed E-state index contributed by atoms with van der Waals surface area (Å²) in [7, 11) is 1.97. The molecule has 29 heavy (non-hydrogen) atoms. The van der Waals surface area contributed by atoms with E-state index in [9.17, 15) is 5.11 Å². The second-order valence-electron chi connectivity index (χ2n) is 8.33. The van der Waals surface area contributed by atoms with Gasteiger partial charge in [-0.2, -0.15) is 0 Å². The van der Waals surface area contributed by atoms with Crippen molar-refractivity contribution >= 4 is 5.69 Å². The van der Waals surface area contributed by atoms with Crippen molar-refractivity contribution in [2.24, 2.45) is 13.0 Å². The number of nitrogens with zero attached hydrogens (tertiary/aromatic N) is 3. The van der Waals surface area contributed by atoms with Gasteiger partial charge in [0, 0.05) is 42.0 Å². The smallest absolute Gasteiger partial charge is 0.142 e. The zero-order chi connectivity index (χ0) is 20.0. The predicted octanol–water partition coefficient (Wildman–Crippen LogP) is 4.75. The Labute approximate surface area is 171 Å². The number of aliphatic hydroxyl groups excluding tert-OH is 1. The summed E-state index contributed by atoms with van der Waals surface area (Å²) in [5.74, 6) is 2.05. The van der Waals surface area contributed by atoms with Crippen molar-refractivity contribution in [1.82, 2.24) is 9.55 Å². The highest BCUT2D eigenvalue weighted by atomic mass is 16.5. The van der Waals surface area contributed by atoms with Gasteiger partial charge < -0.3 is 19.3 Å². The third kappa shape index (κ3) is 3.40. The standard InChI is InChI=1S/C24H27N3O2/c1-16-8-11-20-22(27(16)24(28)17-9-10-17)13-12-19(21-14-26(2)15-25-21)23(20)29-18-6-4-3-5-7-18/h3-7,12-17,24,28H,8-11H2,1-2H3/t16-,24?/m0/s1. The molecule has 5 heteroatoms. The summed E-state index contributed by atoms with van der Waals surface area (Å²) in [5.41, 5.74) is 4.14. The molecule has 1 unspecified atom stereocenters. The first kappa shape index (κ1) is 18.3. The average Bonchev–Trinajstić information content (AvgIpc) is 3.49. The summed E-state index contributed by atoms with van der Waals surface area (Å²) in [4.78, 5) is 6.77. The molecule has 1 aromatic heterocycles. The fourth-order valence-corrected chi connectivity index (χ4v) is 4.33. The summed E-state index contributed by atoms with van der Waals surface area (Å²) in [6.07, 6.45) is 7.54. The average molecular weight is 389 g/mol. The van der Waals surface area contributed by atoms with Crippen LogP contribution >= 0.6 is 0 Å². The van der Waals surface area contributed by atoms with Crippen LogP contribution in [0.2, 0.25) is 0 Å². The van der Waals surface area contributed by atoms with Gasteiger partial charge in [-0.15, -0.1) is 0 Å². The summed E-state index contributed by atoms with van der Waals surface area (Å²) < 4.78 is 8.40. The predicted molar refractivity (Wildman–Crippen MR) is 114 cm³/mol. The molecule has 3 aromatic rings. The van der Waals surface area contributed by atoms with Crippen LogP contribution in [0.15, 0.2) is 55.0 Å². The van der Waals surface area contributed by atoms with Crippen LogP contribution < -0.4 is 9.64 Å². The van der Waals surface area contributed by atoms with Gasteiger partial charge in [0.25, 0.3) is 0 Å². The van der Waals surface area contributed by atoms with Gasteiger partial charge in [0.05, 0.1) is 12.0 Å². The Morgan fingerprint density at radius 2 is 1.90 bits per heavy atom. The SMILES string of the molecule is C[C@H]1CCc2c(ccc(-c3cn(C)cn3)c2Oc2ccccc2)N1C(O)C1CC1. The number of rotatable bonds is 5. The lowest BCUT2D eigenvalue weighted by molar-refractivity contribution is 0.133. The van der Waals surface area contributed by atoms with E-state index in [1.54, 1.807) is 0 Å². The van der Waals surface area contributed by atoms with Gasteiger partial charge in [-0.3, -0.25) is 0 Å². The lowest BCUT2D eigenvalue weighted by atomic mass is 9.92. The zero-order valence-corrected chi connectivity index (χ0v) is 17.0. The highest BCUT2D eigenvalue weighted by Crippen LogP contribution is 2.46. The van der Waals surface area contributed by atoms with Gasteiger partial charge in [-0.05, 0) is 56.9 Å². The molecule has 0 radical (unpaired) electrons. The van der Waals surface area contributed by atoms with Crippen LogP contribution in [0.25, 0.3) is 11.3 Å².